The third-order valence-corrected chi connectivity index (χ3v) is 4.83. The van der Waals surface area contributed by atoms with E-state index in [1.54, 1.807) is 0 Å². The van der Waals surface area contributed by atoms with Crippen LogP contribution < -0.4 is 15.8 Å². The van der Waals surface area contributed by atoms with Gasteiger partial charge in [0.15, 0.2) is 5.96 Å². The van der Waals surface area contributed by atoms with Crippen LogP contribution in [0.25, 0.3) is 0 Å². The normalized spacial score (nSPS) is 26.3. The van der Waals surface area contributed by atoms with Crippen LogP contribution in [-0.4, -0.2) is 19.1 Å². The lowest BCUT2D eigenvalue weighted by Gasteiger charge is -2.27. The molecule has 3 rings (SSSR count). The molecule has 1 aliphatic carbocycles. The summed E-state index contributed by atoms with van der Waals surface area (Å²) in [5, 5.41) is 12.3. The Kier molecular flexibility index (Phi) is 7.16. The van der Waals surface area contributed by atoms with Gasteiger partial charge in [0.1, 0.15) is 5.75 Å². The number of aliphatic imine (C=N–C) groups is 1. The molecule has 0 radical (unpaired) electrons. The Morgan fingerprint density at radius 3 is 2.75 bits per heavy atom. The number of guanidine groups is 1. The van der Waals surface area contributed by atoms with Gasteiger partial charge in [-0.2, -0.15) is 5.26 Å². The zero-order chi connectivity index (χ0) is 16.1. The molecule has 0 saturated heterocycles. The van der Waals surface area contributed by atoms with Crippen molar-refractivity contribution in [3.05, 3.63) is 29.8 Å². The number of hydrogen-bond acceptors (Lipinski definition) is 3. The largest absolute Gasteiger partial charge is 0.493 e. The van der Waals surface area contributed by atoms with Gasteiger partial charge >= 0.3 is 0 Å². The maximum atomic E-state index is 8.94. The molecule has 1 unspecified atom stereocenters. The lowest BCUT2D eigenvalue weighted by molar-refractivity contribution is 0.262. The standard InChI is InChI=1S/C18H24N4O.HI/c19-11-13-5-7-14(8-6-13)12-21-18(20)22-16-9-10-23-17-4-2-1-3-15(16)17;/h1-4,13-14,16H,5-10,12H2,(H3,20,21,22);1H. The number of para-hydroxylation sites is 1. The van der Waals surface area contributed by atoms with E-state index in [-0.39, 0.29) is 35.9 Å². The molecular formula is C18H25IN4O. The van der Waals surface area contributed by atoms with Crippen molar-refractivity contribution in [2.24, 2.45) is 22.6 Å². The van der Waals surface area contributed by atoms with Gasteiger partial charge in [-0.15, -0.1) is 24.0 Å². The molecule has 1 aromatic carbocycles. The van der Waals surface area contributed by atoms with E-state index in [1.807, 2.05) is 18.2 Å². The quantitative estimate of drug-likeness (QED) is 0.429. The number of nitriles is 1. The van der Waals surface area contributed by atoms with Crippen molar-refractivity contribution in [2.45, 2.75) is 38.1 Å². The van der Waals surface area contributed by atoms with Gasteiger partial charge in [-0.1, -0.05) is 18.2 Å². The predicted molar refractivity (Wildman–Crippen MR) is 105 cm³/mol. The van der Waals surface area contributed by atoms with Gasteiger partial charge in [-0.25, -0.2) is 0 Å². The number of nitrogens with zero attached hydrogens (tertiary/aromatic N) is 2. The molecule has 5 nitrogen and oxygen atoms in total. The molecule has 130 valence electrons. The zero-order valence-electron chi connectivity index (χ0n) is 13.8. The van der Waals surface area contributed by atoms with Gasteiger partial charge < -0.3 is 15.8 Å². The fraction of sp³-hybridized carbons (Fsp3) is 0.556. The van der Waals surface area contributed by atoms with E-state index in [0.717, 1.165) is 50.0 Å². The summed E-state index contributed by atoms with van der Waals surface area (Å²) in [6.07, 6.45) is 5.04. The van der Waals surface area contributed by atoms with Gasteiger partial charge in [-0.3, -0.25) is 4.99 Å². The summed E-state index contributed by atoms with van der Waals surface area (Å²) in [7, 11) is 0. The summed E-state index contributed by atoms with van der Waals surface area (Å²) in [5.74, 6) is 2.24. The molecule has 1 heterocycles. The number of fused-ring (bicyclic) bond motifs is 1. The summed E-state index contributed by atoms with van der Waals surface area (Å²) < 4.78 is 5.66. The first-order valence-electron chi connectivity index (χ1n) is 8.44. The number of hydrogen-bond donors (Lipinski definition) is 2. The van der Waals surface area contributed by atoms with Crippen LogP contribution in [0.3, 0.4) is 0 Å². The lowest BCUT2D eigenvalue weighted by atomic mass is 9.83. The first kappa shape index (κ1) is 18.8. The van der Waals surface area contributed by atoms with Crippen LogP contribution in [0.5, 0.6) is 5.75 Å². The SMILES string of the molecule is I.N#CC1CCC(CN=C(N)NC2CCOc3ccccc32)CC1. The van der Waals surface area contributed by atoms with E-state index in [0.29, 0.717) is 18.5 Å². The van der Waals surface area contributed by atoms with Crippen molar-refractivity contribution in [1.29, 1.82) is 5.26 Å². The Morgan fingerprint density at radius 2 is 2.00 bits per heavy atom. The summed E-state index contributed by atoms with van der Waals surface area (Å²) in [4.78, 5) is 4.53. The molecule has 1 aromatic rings. The molecule has 1 aliphatic heterocycles. The van der Waals surface area contributed by atoms with Crippen LogP contribution in [-0.2, 0) is 0 Å². The van der Waals surface area contributed by atoms with Crippen molar-refractivity contribution in [2.75, 3.05) is 13.2 Å². The molecule has 3 N–H and O–H groups in total. The van der Waals surface area contributed by atoms with E-state index in [9.17, 15) is 0 Å². The zero-order valence-corrected chi connectivity index (χ0v) is 16.1. The highest BCUT2D eigenvalue weighted by atomic mass is 127. The summed E-state index contributed by atoms with van der Waals surface area (Å²) in [6, 6.07) is 10.6. The van der Waals surface area contributed by atoms with Crippen LogP contribution in [0.2, 0.25) is 0 Å². The van der Waals surface area contributed by atoms with Crippen LogP contribution in [0.1, 0.15) is 43.7 Å². The number of benzene rings is 1. The molecule has 6 heteroatoms. The molecule has 1 fully saturated rings. The molecular weight excluding hydrogens is 415 g/mol. The molecule has 0 amide bonds. The number of ether oxygens (including phenoxy) is 1. The molecule has 0 spiro atoms. The fourth-order valence-electron chi connectivity index (χ4n) is 3.42. The highest BCUT2D eigenvalue weighted by molar-refractivity contribution is 14.0. The second kappa shape index (κ2) is 9.11. The number of halogens is 1. The summed E-state index contributed by atoms with van der Waals surface area (Å²) in [5.41, 5.74) is 7.22. The summed E-state index contributed by atoms with van der Waals surface area (Å²) in [6.45, 7) is 1.45. The predicted octanol–water partition coefficient (Wildman–Crippen LogP) is 3.36. The minimum atomic E-state index is 0. The van der Waals surface area contributed by atoms with E-state index in [2.05, 4.69) is 22.4 Å². The first-order chi connectivity index (χ1) is 11.3. The second-order valence-electron chi connectivity index (χ2n) is 6.44. The van der Waals surface area contributed by atoms with Crippen LogP contribution >= 0.6 is 24.0 Å². The summed E-state index contributed by atoms with van der Waals surface area (Å²) >= 11 is 0. The molecule has 24 heavy (non-hydrogen) atoms. The monoisotopic (exact) mass is 440 g/mol. The fourth-order valence-corrected chi connectivity index (χ4v) is 3.42. The van der Waals surface area contributed by atoms with Gasteiger partial charge in [0, 0.05) is 24.4 Å². The Bertz CT molecular complexity index is 605. The Labute approximate surface area is 160 Å². The smallest absolute Gasteiger partial charge is 0.189 e. The molecule has 1 atom stereocenters. The average molecular weight is 440 g/mol. The molecule has 2 aliphatic rings. The van der Waals surface area contributed by atoms with Crippen molar-refractivity contribution < 1.29 is 4.74 Å². The third kappa shape index (κ3) is 4.76. The van der Waals surface area contributed by atoms with Gasteiger partial charge in [0.25, 0.3) is 0 Å². The van der Waals surface area contributed by atoms with E-state index >= 15 is 0 Å². The lowest BCUT2D eigenvalue weighted by Crippen LogP contribution is -2.37. The number of nitrogens with one attached hydrogen (secondary N) is 1. The van der Waals surface area contributed by atoms with Crippen LogP contribution in [0.4, 0.5) is 0 Å². The Hall–Kier alpha value is -1.49. The highest BCUT2D eigenvalue weighted by Gasteiger charge is 2.22. The number of nitrogens with two attached hydrogens (primary N) is 1. The van der Waals surface area contributed by atoms with E-state index in [4.69, 9.17) is 15.7 Å². The van der Waals surface area contributed by atoms with Crippen LogP contribution in [0.15, 0.2) is 29.3 Å². The third-order valence-electron chi connectivity index (χ3n) is 4.83. The minimum Gasteiger partial charge on any atom is -0.493 e. The van der Waals surface area contributed by atoms with E-state index in [1.165, 1.54) is 0 Å². The molecule has 0 aromatic heterocycles. The maximum Gasteiger partial charge on any atom is 0.189 e. The van der Waals surface area contributed by atoms with Crippen molar-refractivity contribution in [1.82, 2.24) is 5.32 Å². The minimum absolute atomic E-state index is 0. The Morgan fingerprint density at radius 1 is 1.25 bits per heavy atom. The topological polar surface area (TPSA) is 83.4 Å². The van der Waals surface area contributed by atoms with Crippen molar-refractivity contribution >= 4 is 29.9 Å². The van der Waals surface area contributed by atoms with Gasteiger partial charge in [-0.05, 0) is 37.7 Å². The number of rotatable bonds is 3. The van der Waals surface area contributed by atoms with Crippen LogP contribution in [0, 0.1) is 23.2 Å². The highest BCUT2D eigenvalue weighted by Crippen LogP contribution is 2.31. The first-order valence-corrected chi connectivity index (χ1v) is 8.44. The molecule has 0 bridgehead atoms. The van der Waals surface area contributed by atoms with E-state index < -0.39 is 0 Å². The maximum absolute atomic E-state index is 8.94. The van der Waals surface area contributed by atoms with Crippen molar-refractivity contribution in [3.63, 3.8) is 0 Å². The average Bonchev–Trinajstić information content (AvgIpc) is 2.61. The Balaban J connectivity index is 0.00000208. The second-order valence-corrected chi connectivity index (χ2v) is 6.44. The van der Waals surface area contributed by atoms with Gasteiger partial charge in [0.05, 0.1) is 18.7 Å². The molecule has 1 saturated carbocycles. The van der Waals surface area contributed by atoms with Crippen molar-refractivity contribution in [3.8, 4) is 11.8 Å². The van der Waals surface area contributed by atoms with Gasteiger partial charge in [0.2, 0.25) is 0 Å².